The molecule has 2 aliphatic rings. The summed E-state index contributed by atoms with van der Waals surface area (Å²) in [7, 11) is 0. The minimum Gasteiger partial charge on any atom is -0.338 e. The normalized spacial score (nSPS) is 19.3. The number of thiophene rings is 1. The zero-order chi connectivity index (χ0) is 12.4. The minimum atomic E-state index is 0.319. The number of carbonyl (C=O) groups excluding carboxylic acids is 1. The molecule has 0 saturated carbocycles. The van der Waals surface area contributed by atoms with Gasteiger partial charge in [-0.2, -0.15) is 0 Å². The molecule has 0 N–H and O–H groups in total. The van der Waals surface area contributed by atoms with Crippen LogP contribution in [-0.2, 0) is 17.8 Å². The van der Waals surface area contributed by atoms with Gasteiger partial charge in [0.15, 0.2) is 0 Å². The van der Waals surface area contributed by atoms with E-state index < -0.39 is 0 Å². The molecule has 0 aromatic carbocycles. The number of rotatable bonds is 2. The summed E-state index contributed by atoms with van der Waals surface area (Å²) in [6.07, 6.45) is 8.81. The van der Waals surface area contributed by atoms with Crippen LogP contribution in [-0.4, -0.2) is 17.4 Å². The van der Waals surface area contributed by atoms with Crippen LogP contribution in [0.3, 0.4) is 0 Å². The third-order valence-electron chi connectivity index (χ3n) is 3.92. The molecule has 0 atom stereocenters. The van der Waals surface area contributed by atoms with Gasteiger partial charge in [0, 0.05) is 24.4 Å². The summed E-state index contributed by atoms with van der Waals surface area (Å²) in [4.78, 5) is 15.8. The van der Waals surface area contributed by atoms with Crippen molar-refractivity contribution >= 4 is 17.2 Å². The average Bonchev–Trinajstić information content (AvgIpc) is 2.87. The Balaban J connectivity index is 1.62. The third kappa shape index (κ3) is 2.51. The maximum absolute atomic E-state index is 12.3. The van der Waals surface area contributed by atoms with E-state index in [1.165, 1.54) is 28.9 Å². The monoisotopic (exact) mass is 261 g/mol. The second-order valence-electron chi connectivity index (χ2n) is 5.22. The first-order valence-corrected chi connectivity index (χ1v) is 7.72. The van der Waals surface area contributed by atoms with Gasteiger partial charge < -0.3 is 4.90 Å². The van der Waals surface area contributed by atoms with E-state index in [1.807, 2.05) is 16.2 Å². The molecule has 1 amide bonds. The van der Waals surface area contributed by atoms with Crippen LogP contribution in [0.2, 0.25) is 0 Å². The molecule has 18 heavy (non-hydrogen) atoms. The molecule has 1 aromatic heterocycles. The Kier molecular flexibility index (Phi) is 3.50. The van der Waals surface area contributed by atoms with Gasteiger partial charge in [-0.3, -0.25) is 4.79 Å². The van der Waals surface area contributed by atoms with Crippen molar-refractivity contribution in [3.05, 3.63) is 33.5 Å². The standard InChI is InChI=1S/C15H19NOS/c17-15(10-12-4-2-1-3-5-12)16-8-6-14-13(11-16)7-9-18-14/h4,7,9H,1-3,5-6,8,10-11H2. The van der Waals surface area contributed by atoms with Gasteiger partial charge in [-0.15, -0.1) is 11.3 Å². The Bertz CT molecular complexity index is 475. The molecule has 0 saturated heterocycles. The van der Waals surface area contributed by atoms with Crippen molar-refractivity contribution in [3.63, 3.8) is 0 Å². The van der Waals surface area contributed by atoms with Gasteiger partial charge >= 0.3 is 0 Å². The van der Waals surface area contributed by atoms with E-state index in [4.69, 9.17) is 0 Å². The summed E-state index contributed by atoms with van der Waals surface area (Å²) in [6, 6.07) is 2.17. The van der Waals surface area contributed by atoms with Gasteiger partial charge in [-0.25, -0.2) is 0 Å². The Labute approximate surface area is 112 Å². The number of hydrogen-bond donors (Lipinski definition) is 0. The highest BCUT2D eigenvalue weighted by Gasteiger charge is 2.22. The van der Waals surface area contributed by atoms with Crippen LogP contribution < -0.4 is 0 Å². The Morgan fingerprint density at radius 2 is 2.28 bits per heavy atom. The molecule has 1 aromatic rings. The van der Waals surface area contributed by atoms with Crippen molar-refractivity contribution in [2.75, 3.05) is 6.54 Å². The summed E-state index contributed by atoms with van der Waals surface area (Å²) in [5.74, 6) is 0.319. The number of amides is 1. The van der Waals surface area contributed by atoms with Crippen molar-refractivity contribution in [1.29, 1.82) is 0 Å². The van der Waals surface area contributed by atoms with Crippen LogP contribution in [0.25, 0.3) is 0 Å². The molecule has 1 aliphatic carbocycles. The van der Waals surface area contributed by atoms with E-state index in [0.717, 1.165) is 32.4 Å². The van der Waals surface area contributed by atoms with Crippen molar-refractivity contribution in [1.82, 2.24) is 4.90 Å². The largest absolute Gasteiger partial charge is 0.338 e. The predicted octanol–water partition coefficient (Wildman–Crippen LogP) is 3.52. The number of hydrogen-bond acceptors (Lipinski definition) is 2. The van der Waals surface area contributed by atoms with Gasteiger partial charge in [0.2, 0.25) is 5.91 Å². The van der Waals surface area contributed by atoms with E-state index in [0.29, 0.717) is 12.3 Å². The van der Waals surface area contributed by atoms with Crippen molar-refractivity contribution in [3.8, 4) is 0 Å². The number of nitrogens with zero attached hydrogens (tertiary/aromatic N) is 1. The third-order valence-corrected chi connectivity index (χ3v) is 4.95. The molecular formula is C15H19NOS. The fourth-order valence-corrected chi connectivity index (χ4v) is 3.72. The van der Waals surface area contributed by atoms with Crippen molar-refractivity contribution < 1.29 is 4.79 Å². The van der Waals surface area contributed by atoms with Gasteiger partial charge in [0.1, 0.15) is 0 Å². The van der Waals surface area contributed by atoms with Crippen LogP contribution in [0.15, 0.2) is 23.1 Å². The van der Waals surface area contributed by atoms with E-state index in [2.05, 4.69) is 17.5 Å². The lowest BCUT2D eigenvalue weighted by atomic mass is 9.96. The van der Waals surface area contributed by atoms with Crippen LogP contribution in [0, 0.1) is 0 Å². The first kappa shape index (κ1) is 12.0. The fourth-order valence-electron chi connectivity index (χ4n) is 2.83. The number of carbonyl (C=O) groups is 1. The van der Waals surface area contributed by atoms with Gasteiger partial charge in [0.25, 0.3) is 0 Å². The molecular weight excluding hydrogens is 242 g/mol. The molecule has 1 aliphatic heterocycles. The number of allylic oxidation sites excluding steroid dienone is 1. The zero-order valence-electron chi connectivity index (χ0n) is 10.7. The van der Waals surface area contributed by atoms with E-state index in [9.17, 15) is 4.79 Å². The maximum Gasteiger partial charge on any atom is 0.226 e. The Hall–Kier alpha value is -1.09. The quantitative estimate of drug-likeness (QED) is 0.746. The molecule has 3 heteroatoms. The number of fused-ring (bicyclic) bond motifs is 1. The second kappa shape index (κ2) is 5.27. The maximum atomic E-state index is 12.3. The van der Waals surface area contributed by atoms with Gasteiger partial charge in [-0.05, 0) is 49.1 Å². The molecule has 0 fully saturated rings. The summed E-state index contributed by atoms with van der Waals surface area (Å²) < 4.78 is 0. The van der Waals surface area contributed by atoms with Crippen molar-refractivity contribution in [2.45, 2.75) is 45.1 Å². The molecule has 2 heterocycles. The molecule has 0 bridgehead atoms. The lowest BCUT2D eigenvalue weighted by Crippen LogP contribution is -2.35. The smallest absolute Gasteiger partial charge is 0.226 e. The van der Waals surface area contributed by atoms with E-state index in [1.54, 1.807) is 0 Å². The summed E-state index contributed by atoms with van der Waals surface area (Å²) in [5.41, 5.74) is 2.72. The summed E-state index contributed by atoms with van der Waals surface area (Å²) in [5, 5.41) is 2.14. The summed E-state index contributed by atoms with van der Waals surface area (Å²) >= 11 is 1.83. The zero-order valence-corrected chi connectivity index (χ0v) is 11.5. The molecule has 0 unspecified atom stereocenters. The Morgan fingerprint density at radius 3 is 3.11 bits per heavy atom. The summed E-state index contributed by atoms with van der Waals surface area (Å²) in [6.45, 7) is 1.73. The average molecular weight is 261 g/mol. The molecule has 96 valence electrons. The van der Waals surface area contributed by atoms with E-state index >= 15 is 0 Å². The first-order chi connectivity index (χ1) is 8.83. The first-order valence-electron chi connectivity index (χ1n) is 6.84. The van der Waals surface area contributed by atoms with E-state index in [-0.39, 0.29) is 0 Å². The highest BCUT2D eigenvalue weighted by molar-refractivity contribution is 7.10. The lowest BCUT2D eigenvalue weighted by molar-refractivity contribution is -0.131. The van der Waals surface area contributed by atoms with Crippen LogP contribution in [0.4, 0.5) is 0 Å². The second-order valence-corrected chi connectivity index (χ2v) is 6.22. The van der Waals surface area contributed by atoms with Crippen LogP contribution >= 0.6 is 11.3 Å². The topological polar surface area (TPSA) is 20.3 Å². The fraction of sp³-hybridized carbons (Fsp3) is 0.533. The SMILES string of the molecule is O=C(CC1=CCCCC1)N1CCc2sccc2C1. The van der Waals surface area contributed by atoms with Crippen molar-refractivity contribution in [2.24, 2.45) is 0 Å². The predicted molar refractivity (Wildman–Crippen MR) is 74.6 cm³/mol. The highest BCUT2D eigenvalue weighted by atomic mass is 32.1. The molecule has 0 radical (unpaired) electrons. The molecule has 3 rings (SSSR count). The highest BCUT2D eigenvalue weighted by Crippen LogP contribution is 2.26. The lowest BCUT2D eigenvalue weighted by Gasteiger charge is -2.27. The minimum absolute atomic E-state index is 0.319. The van der Waals surface area contributed by atoms with Gasteiger partial charge in [0.05, 0.1) is 0 Å². The van der Waals surface area contributed by atoms with Crippen LogP contribution in [0.1, 0.15) is 42.5 Å². The Morgan fingerprint density at radius 1 is 1.33 bits per heavy atom. The van der Waals surface area contributed by atoms with Crippen LogP contribution in [0.5, 0.6) is 0 Å². The molecule has 0 spiro atoms. The van der Waals surface area contributed by atoms with Gasteiger partial charge in [-0.1, -0.05) is 11.6 Å². The molecule has 2 nitrogen and oxygen atoms in total.